The molecule has 1 atom stereocenters. The second-order valence-electron chi connectivity index (χ2n) is 6.76. The number of aromatic nitrogens is 1. The average molecular weight is 416 g/mol. The number of thiazole rings is 1. The first-order valence-electron chi connectivity index (χ1n) is 9.24. The van der Waals surface area contributed by atoms with E-state index in [4.69, 9.17) is 9.47 Å². The first-order valence-corrected chi connectivity index (χ1v) is 10.1. The van der Waals surface area contributed by atoms with E-state index in [-0.39, 0.29) is 11.4 Å². The summed E-state index contributed by atoms with van der Waals surface area (Å²) in [6, 6.07) is 6.46. The standard InChI is InChI=1S/C21H24N2O5S/c1-12-20(29-13(2)22-12)18(24)16-17(14-6-8-15(28-4)9-7-14)23(10-5-11-27-3)21(26)19(16)25/h6-9,17,25H,5,10-11H2,1-4H3. The number of aliphatic hydroxyl groups is 1. The fourth-order valence-corrected chi connectivity index (χ4v) is 4.37. The molecule has 0 radical (unpaired) electrons. The van der Waals surface area contributed by atoms with Crippen LogP contribution < -0.4 is 4.74 Å². The third-order valence-electron chi connectivity index (χ3n) is 4.84. The molecule has 1 N–H and O–H groups in total. The highest BCUT2D eigenvalue weighted by Crippen LogP contribution is 2.40. The van der Waals surface area contributed by atoms with E-state index in [0.29, 0.717) is 35.9 Å². The second-order valence-corrected chi connectivity index (χ2v) is 7.96. The first-order chi connectivity index (χ1) is 13.9. The van der Waals surface area contributed by atoms with Gasteiger partial charge in [0.25, 0.3) is 5.91 Å². The van der Waals surface area contributed by atoms with E-state index in [9.17, 15) is 14.7 Å². The Morgan fingerprint density at radius 2 is 1.93 bits per heavy atom. The summed E-state index contributed by atoms with van der Waals surface area (Å²) in [6.45, 7) is 4.39. The van der Waals surface area contributed by atoms with E-state index in [1.165, 1.54) is 16.2 Å². The Labute approximate surface area is 173 Å². The van der Waals surface area contributed by atoms with Gasteiger partial charge in [-0.2, -0.15) is 0 Å². The molecule has 0 bridgehead atoms. The van der Waals surface area contributed by atoms with Crippen LogP contribution in [0.2, 0.25) is 0 Å². The summed E-state index contributed by atoms with van der Waals surface area (Å²) in [5.74, 6) is -0.754. The van der Waals surface area contributed by atoms with Crippen molar-refractivity contribution in [3.8, 4) is 5.75 Å². The predicted octanol–water partition coefficient (Wildman–Crippen LogP) is 3.38. The summed E-state index contributed by atoms with van der Waals surface area (Å²) < 4.78 is 10.3. The molecule has 1 unspecified atom stereocenters. The number of benzene rings is 1. The van der Waals surface area contributed by atoms with E-state index in [2.05, 4.69) is 4.98 Å². The summed E-state index contributed by atoms with van der Waals surface area (Å²) in [7, 11) is 3.16. The third kappa shape index (κ3) is 4.04. The van der Waals surface area contributed by atoms with Crippen LogP contribution in [0, 0.1) is 13.8 Å². The molecule has 1 aromatic heterocycles. The molecule has 0 saturated heterocycles. The predicted molar refractivity (Wildman–Crippen MR) is 110 cm³/mol. The highest BCUT2D eigenvalue weighted by Gasteiger charge is 2.44. The Morgan fingerprint density at radius 1 is 1.24 bits per heavy atom. The van der Waals surface area contributed by atoms with Crippen molar-refractivity contribution in [2.24, 2.45) is 0 Å². The molecular weight excluding hydrogens is 392 g/mol. The number of hydrogen-bond donors (Lipinski definition) is 1. The lowest BCUT2D eigenvalue weighted by Crippen LogP contribution is -2.32. The molecule has 3 rings (SSSR count). The molecular formula is C21H24N2O5S. The third-order valence-corrected chi connectivity index (χ3v) is 5.91. The highest BCUT2D eigenvalue weighted by atomic mass is 32.1. The number of carbonyl (C=O) groups is 2. The summed E-state index contributed by atoms with van der Waals surface area (Å²) in [5, 5.41) is 11.4. The maximum absolute atomic E-state index is 13.3. The van der Waals surface area contributed by atoms with Crippen LogP contribution in [0.3, 0.4) is 0 Å². The molecule has 2 aromatic rings. The average Bonchev–Trinajstić information content (AvgIpc) is 3.18. The van der Waals surface area contributed by atoms with Crippen molar-refractivity contribution >= 4 is 23.0 Å². The molecule has 1 aliphatic heterocycles. The van der Waals surface area contributed by atoms with Crippen molar-refractivity contribution in [1.29, 1.82) is 0 Å². The number of aliphatic hydroxyl groups excluding tert-OH is 1. The number of carbonyl (C=O) groups excluding carboxylic acids is 2. The maximum atomic E-state index is 13.3. The summed E-state index contributed by atoms with van der Waals surface area (Å²) >= 11 is 1.26. The number of amides is 1. The van der Waals surface area contributed by atoms with E-state index in [1.54, 1.807) is 45.4 Å². The molecule has 0 saturated carbocycles. The van der Waals surface area contributed by atoms with Crippen LogP contribution in [0.15, 0.2) is 35.6 Å². The molecule has 2 heterocycles. The number of ketones is 1. The number of hydrogen-bond acceptors (Lipinski definition) is 7. The number of ether oxygens (including phenoxy) is 2. The van der Waals surface area contributed by atoms with Crippen molar-refractivity contribution in [2.75, 3.05) is 27.4 Å². The van der Waals surface area contributed by atoms with Crippen molar-refractivity contribution < 1.29 is 24.2 Å². The summed E-state index contributed by atoms with van der Waals surface area (Å²) in [4.78, 5) is 32.4. The minimum atomic E-state index is -0.681. The van der Waals surface area contributed by atoms with Gasteiger partial charge in [-0.3, -0.25) is 9.59 Å². The number of nitrogens with zero attached hydrogens (tertiary/aromatic N) is 2. The quantitative estimate of drug-likeness (QED) is 0.524. The number of methoxy groups -OCH3 is 2. The van der Waals surface area contributed by atoms with E-state index in [0.717, 1.165) is 10.6 Å². The van der Waals surface area contributed by atoms with Gasteiger partial charge in [0.2, 0.25) is 5.78 Å². The molecule has 29 heavy (non-hydrogen) atoms. The van der Waals surface area contributed by atoms with Gasteiger partial charge in [0.1, 0.15) is 5.75 Å². The highest BCUT2D eigenvalue weighted by molar-refractivity contribution is 7.14. The van der Waals surface area contributed by atoms with Crippen LogP contribution in [0.1, 0.15) is 38.4 Å². The van der Waals surface area contributed by atoms with Crippen molar-refractivity contribution in [1.82, 2.24) is 9.88 Å². The number of aryl methyl sites for hydroxylation is 2. The Balaban J connectivity index is 2.05. The lowest BCUT2D eigenvalue weighted by Gasteiger charge is -2.26. The fourth-order valence-electron chi connectivity index (χ4n) is 3.49. The second kappa shape index (κ2) is 8.75. The lowest BCUT2D eigenvalue weighted by molar-refractivity contribution is -0.129. The Morgan fingerprint density at radius 3 is 2.48 bits per heavy atom. The first kappa shape index (κ1) is 21.0. The molecule has 1 aliphatic rings. The van der Waals surface area contributed by atoms with E-state index >= 15 is 0 Å². The van der Waals surface area contributed by atoms with Gasteiger partial charge in [0.05, 0.1) is 34.3 Å². The summed E-state index contributed by atoms with van der Waals surface area (Å²) in [6.07, 6.45) is 0.586. The van der Waals surface area contributed by atoms with E-state index in [1.807, 2.05) is 6.92 Å². The van der Waals surface area contributed by atoms with Gasteiger partial charge < -0.3 is 19.5 Å². The maximum Gasteiger partial charge on any atom is 0.290 e. The summed E-state index contributed by atoms with van der Waals surface area (Å²) in [5.41, 5.74) is 1.41. The SMILES string of the molecule is COCCCN1C(=O)C(O)=C(C(=O)c2sc(C)nc2C)C1c1ccc(OC)cc1. The van der Waals surface area contributed by atoms with Crippen molar-refractivity contribution in [3.05, 3.63) is 56.7 Å². The van der Waals surface area contributed by atoms with Gasteiger partial charge in [0.15, 0.2) is 5.76 Å². The van der Waals surface area contributed by atoms with Gasteiger partial charge in [-0.15, -0.1) is 11.3 Å². The van der Waals surface area contributed by atoms with Crippen LogP contribution in [-0.2, 0) is 9.53 Å². The molecule has 7 nitrogen and oxygen atoms in total. The lowest BCUT2D eigenvalue weighted by atomic mass is 9.95. The van der Waals surface area contributed by atoms with Crippen LogP contribution in [0.25, 0.3) is 0 Å². The Kier molecular flexibility index (Phi) is 6.34. The van der Waals surface area contributed by atoms with Crippen molar-refractivity contribution in [2.45, 2.75) is 26.3 Å². The molecule has 8 heteroatoms. The molecule has 154 valence electrons. The number of rotatable bonds is 8. The minimum Gasteiger partial charge on any atom is -0.503 e. The van der Waals surface area contributed by atoms with Crippen molar-refractivity contribution in [3.63, 3.8) is 0 Å². The Hall–Kier alpha value is -2.71. The van der Waals surface area contributed by atoms with Gasteiger partial charge in [-0.25, -0.2) is 4.98 Å². The van der Waals surface area contributed by atoms with Gasteiger partial charge in [-0.05, 0) is 38.0 Å². The van der Waals surface area contributed by atoms with Gasteiger partial charge in [0, 0.05) is 20.3 Å². The van der Waals surface area contributed by atoms with Crippen LogP contribution in [0.5, 0.6) is 5.75 Å². The van der Waals surface area contributed by atoms with E-state index < -0.39 is 17.7 Å². The topological polar surface area (TPSA) is 89.0 Å². The smallest absolute Gasteiger partial charge is 0.290 e. The molecule has 0 aliphatic carbocycles. The van der Waals surface area contributed by atoms with Gasteiger partial charge >= 0.3 is 0 Å². The van der Waals surface area contributed by atoms with Crippen LogP contribution >= 0.6 is 11.3 Å². The zero-order valence-electron chi connectivity index (χ0n) is 16.9. The van der Waals surface area contributed by atoms with Gasteiger partial charge in [-0.1, -0.05) is 12.1 Å². The molecule has 0 spiro atoms. The molecule has 1 amide bonds. The zero-order chi connectivity index (χ0) is 21.1. The Bertz CT molecular complexity index is 948. The van der Waals surface area contributed by atoms with Crippen LogP contribution in [0.4, 0.5) is 0 Å². The minimum absolute atomic E-state index is 0.0873. The number of Topliss-reactive ketones (excluding diaryl/α,β-unsaturated/α-hetero) is 1. The zero-order valence-corrected chi connectivity index (χ0v) is 17.7. The molecule has 0 fully saturated rings. The normalized spacial score (nSPS) is 16.6. The largest absolute Gasteiger partial charge is 0.503 e. The molecule has 1 aromatic carbocycles. The monoisotopic (exact) mass is 416 g/mol. The fraction of sp³-hybridized carbons (Fsp3) is 0.381. The van der Waals surface area contributed by atoms with Crippen LogP contribution in [-0.4, -0.2) is 54.1 Å².